The van der Waals surface area contributed by atoms with Crippen molar-refractivity contribution in [1.29, 1.82) is 0 Å². The summed E-state index contributed by atoms with van der Waals surface area (Å²) in [5, 5.41) is 11.1. The molecule has 0 amide bonds. The molecule has 11 aromatic rings. The molecule has 0 N–H and O–H groups in total. The van der Waals surface area contributed by atoms with Gasteiger partial charge in [0.05, 0.1) is 22.1 Å². The number of hydrogen-bond acceptors (Lipinski definition) is 0. The van der Waals surface area contributed by atoms with Gasteiger partial charge in [-0.05, 0) is 103 Å². The van der Waals surface area contributed by atoms with Crippen LogP contribution in [0.25, 0.3) is 88.4 Å². The van der Waals surface area contributed by atoms with E-state index in [1.807, 2.05) is 0 Å². The molecule has 2 nitrogen and oxygen atoms in total. The van der Waals surface area contributed by atoms with Crippen molar-refractivity contribution in [2.75, 3.05) is 0 Å². The third kappa shape index (κ3) is 3.98. The molecule has 264 valence electrons. The average molecular weight is 739 g/mol. The summed E-state index contributed by atoms with van der Waals surface area (Å²) in [5.74, 6) is 0. The minimum atomic E-state index is -2.59. The molecule has 0 atom stereocenters. The summed E-state index contributed by atoms with van der Waals surface area (Å²) >= 11 is 0. The molecule has 0 bridgehead atoms. The molecule has 2 aromatic heterocycles. The van der Waals surface area contributed by atoms with E-state index in [0.29, 0.717) is 0 Å². The van der Waals surface area contributed by atoms with Crippen molar-refractivity contribution in [3.63, 3.8) is 0 Å². The van der Waals surface area contributed by atoms with Crippen LogP contribution < -0.4 is 20.7 Å². The van der Waals surface area contributed by atoms with E-state index in [1.165, 1.54) is 103 Å². The van der Waals surface area contributed by atoms with Gasteiger partial charge in [0.2, 0.25) is 0 Å². The number of fused-ring (bicyclic) bond motifs is 17. The quantitative estimate of drug-likeness (QED) is 0.160. The molecule has 3 heteroatoms. The number of hydrogen-bond donors (Lipinski definition) is 0. The molecule has 1 spiro atoms. The minimum Gasteiger partial charge on any atom is -0.309 e. The van der Waals surface area contributed by atoms with E-state index in [-0.39, 0.29) is 0 Å². The smallest absolute Gasteiger partial charge is 0.182 e. The Balaban J connectivity index is 1.08. The van der Waals surface area contributed by atoms with Crippen molar-refractivity contribution < 1.29 is 0 Å². The van der Waals surface area contributed by atoms with Crippen LogP contribution in [-0.4, -0.2) is 17.2 Å². The second kappa shape index (κ2) is 11.4. The van der Waals surface area contributed by atoms with Gasteiger partial charge >= 0.3 is 0 Å². The Morgan fingerprint density at radius 3 is 1.26 bits per heavy atom. The molecule has 0 unspecified atom stereocenters. The first kappa shape index (κ1) is 31.0. The highest BCUT2D eigenvalue weighted by molar-refractivity contribution is 7.24. The molecule has 2 aliphatic heterocycles. The van der Waals surface area contributed by atoms with E-state index in [9.17, 15) is 0 Å². The van der Waals surface area contributed by atoms with Crippen LogP contribution in [0.4, 0.5) is 0 Å². The fraction of sp³-hybridized carbons (Fsp3) is 0. The average Bonchev–Trinajstić information content (AvgIpc) is 3.99. The first-order valence-corrected chi connectivity index (χ1v) is 21.9. The number of nitrogens with zero attached hydrogens (tertiary/aromatic N) is 2. The van der Waals surface area contributed by atoms with Crippen LogP contribution in [0.15, 0.2) is 206 Å². The van der Waals surface area contributed by atoms with E-state index >= 15 is 0 Å². The largest absolute Gasteiger partial charge is 0.309 e. The van der Waals surface area contributed by atoms with Gasteiger partial charge in [-0.3, -0.25) is 0 Å². The number of rotatable bonds is 3. The molecule has 57 heavy (non-hydrogen) atoms. The number of benzene rings is 9. The van der Waals surface area contributed by atoms with Crippen molar-refractivity contribution >= 4 is 72.4 Å². The molecular formula is C54H34N2Si. The lowest BCUT2D eigenvalue weighted by molar-refractivity contribution is 1.17. The van der Waals surface area contributed by atoms with E-state index in [1.54, 1.807) is 0 Å². The summed E-state index contributed by atoms with van der Waals surface area (Å²) in [6, 6.07) is 77.3. The zero-order valence-corrected chi connectivity index (χ0v) is 32.0. The maximum Gasteiger partial charge on any atom is 0.182 e. The fourth-order valence-corrected chi connectivity index (χ4v) is 16.4. The third-order valence-corrected chi connectivity index (χ3v) is 17.9. The molecule has 0 fully saturated rings. The highest BCUT2D eigenvalue weighted by Gasteiger charge is 2.53. The number of para-hydroxylation sites is 2. The Bertz CT molecular complexity index is 3400. The second-order valence-corrected chi connectivity index (χ2v) is 19.2. The Labute approximate surface area is 331 Å². The maximum absolute atomic E-state index is 2.59. The first-order valence-electron chi connectivity index (χ1n) is 19.9. The lowest BCUT2D eigenvalue weighted by Gasteiger charge is -2.28. The zero-order chi connectivity index (χ0) is 37.2. The van der Waals surface area contributed by atoms with Gasteiger partial charge in [-0.2, -0.15) is 0 Å². The van der Waals surface area contributed by atoms with Crippen LogP contribution in [-0.2, 0) is 0 Å². The van der Waals surface area contributed by atoms with Gasteiger partial charge in [-0.15, -0.1) is 0 Å². The molecule has 13 rings (SSSR count). The Hall–Kier alpha value is -7.20. The van der Waals surface area contributed by atoms with Crippen LogP contribution >= 0.6 is 0 Å². The Morgan fingerprint density at radius 2 is 0.702 bits per heavy atom. The third-order valence-electron chi connectivity index (χ3n) is 12.9. The van der Waals surface area contributed by atoms with E-state index < -0.39 is 8.07 Å². The van der Waals surface area contributed by atoms with Crippen molar-refractivity contribution in [2.24, 2.45) is 0 Å². The summed E-state index contributed by atoms with van der Waals surface area (Å²) in [5.41, 5.74) is 15.2. The lowest BCUT2D eigenvalue weighted by atomic mass is 10.1. The van der Waals surface area contributed by atoms with Crippen LogP contribution in [0.3, 0.4) is 0 Å². The van der Waals surface area contributed by atoms with E-state index in [0.717, 1.165) is 5.69 Å². The van der Waals surface area contributed by atoms with Crippen molar-refractivity contribution in [2.45, 2.75) is 0 Å². The van der Waals surface area contributed by atoms with E-state index in [2.05, 4.69) is 215 Å². The summed E-state index contributed by atoms with van der Waals surface area (Å²) in [6.07, 6.45) is 0. The predicted octanol–water partition coefficient (Wildman–Crippen LogP) is 10.9. The van der Waals surface area contributed by atoms with Gasteiger partial charge in [-0.1, -0.05) is 158 Å². The van der Waals surface area contributed by atoms with Crippen LogP contribution in [0.2, 0.25) is 0 Å². The highest BCUT2D eigenvalue weighted by atomic mass is 28.3. The SMILES string of the molecule is c1ccc(-c2ccc(-n3c4ccccc4c4c5c6ccccc6n(-c6ccc7c(c6)[Si]6(c8ccccc8-c8ccccc86)c6ccccc6-7)c5ccc43)cc2)cc1. The normalized spacial score (nSPS) is 13.4. The summed E-state index contributed by atoms with van der Waals surface area (Å²) < 4.78 is 4.98. The van der Waals surface area contributed by atoms with Gasteiger partial charge in [0.1, 0.15) is 0 Å². The molecule has 0 saturated heterocycles. The van der Waals surface area contributed by atoms with Crippen LogP contribution in [0.1, 0.15) is 0 Å². The first-order chi connectivity index (χ1) is 28.3. The molecule has 0 radical (unpaired) electrons. The molecule has 9 aromatic carbocycles. The standard InChI is InChI=1S/C54H34N2Si/c1-2-14-35(15-3-1)36-26-28-37(29-27-36)55-45-21-9-4-19-43(45)53-47(55)32-33-48-54(53)44-20-5-10-22-46(44)56(48)38-30-31-42-41-18-8-13-25-51(41)57(52(42)34-38)49-23-11-6-16-39(49)40-17-7-12-24-50(40)57/h1-34H. The van der Waals surface area contributed by atoms with Crippen molar-refractivity contribution in [3.05, 3.63) is 206 Å². The fourth-order valence-electron chi connectivity index (χ4n) is 10.7. The summed E-state index contributed by atoms with van der Waals surface area (Å²) in [6.45, 7) is 0. The maximum atomic E-state index is 2.56. The second-order valence-electron chi connectivity index (χ2n) is 15.6. The van der Waals surface area contributed by atoms with Crippen LogP contribution in [0, 0.1) is 0 Å². The summed E-state index contributed by atoms with van der Waals surface area (Å²) in [4.78, 5) is 0. The molecule has 0 saturated carbocycles. The van der Waals surface area contributed by atoms with Crippen LogP contribution in [0.5, 0.6) is 0 Å². The zero-order valence-electron chi connectivity index (χ0n) is 31.0. The molecule has 4 heterocycles. The van der Waals surface area contributed by atoms with Crippen molar-refractivity contribution in [1.82, 2.24) is 9.13 Å². The molecule has 2 aliphatic rings. The number of aromatic nitrogens is 2. The Kier molecular flexibility index (Phi) is 6.22. The molecular weight excluding hydrogens is 705 g/mol. The van der Waals surface area contributed by atoms with Crippen molar-refractivity contribution in [3.8, 4) is 44.8 Å². The highest BCUT2D eigenvalue weighted by Crippen LogP contribution is 2.43. The lowest BCUT2D eigenvalue weighted by Crippen LogP contribution is -2.70. The Morgan fingerprint density at radius 1 is 0.281 bits per heavy atom. The van der Waals surface area contributed by atoms with E-state index in [4.69, 9.17) is 0 Å². The minimum absolute atomic E-state index is 1.16. The monoisotopic (exact) mass is 738 g/mol. The summed E-state index contributed by atoms with van der Waals surface area (Å²) in [7, 11) is -2.59. The van der Waals surface area contributed by atoms with Gasteiger partial charge in [0.25, 0.3) is 0 Å². The van der Waals surface area contributed by atoms with Gasteiger partial charge in [-0.25, -0.2) is 0 Å². The van der Waals surface area contributed by atoms with Gasteiger partial charge < -0.3 is 9.13 Å². The van der Waals surface area contributed by atoms with Gasteiger partial charge in [0, 0.05) is 32.9 Å². The topological polar surface area (TPSA) is 9.86 Å². The predicted molar refractivity (Wildman–Crippen MR) is 242 cm³/mol. The van der Waals surface area contributed by atoms with Gasteiger partial charge in [0.15, 0.2) is 8.07 Å². The molecule has 0 aliphatic carbocycles.